The fourth-order valence-electron chi connectivity index (χ4n) is 1.82. The highest BCUT2D eigenvalue weighted by Gasteiger charge is 2.20. The Hall–Kier alpha value is -1.68. The van der Waals surface area contributed by atoms with Crippen molar-refractivity contribution >= 4 is 0 Å². The van der Waals surface area contributed by atoms with Crippen molar-refractivity contribution in [2.75, 3.05) is 0 Å². The van der Waals surface area contributed by atoms with Gasteiger partial charge in [0.1, 0.15) is 5.82 Å². The largest absolute Gasteiger partial charge is 0.345 e. The summed E-state index contributed by atoms with van der Waals surface area (Å²) in [7, 11) is 0. The number of rotatable bonds is 5. The summed E-state index contributed by atoms with van der Waals surface area (Å²) in [6, 6.07) is 4.77. The van der Waals surface area contributed by atoms with Crippen molar-refractivity contribution in [3.63, 3.8) is 0 Å². The normalized spacial score (nSPS) is 15.1. The lowest BCUT2D eigenvalue weighted by Crippen LogP contribution is -2.15. The number of hydrogen-bond donors (Lipinski definition) is 2. The van der Waals surface area contributed by atoms with Gasteiger partial charge >= 0.3 is 0 Å². The number of hydrogen-bond acceptors (Lipinski definition) is 3. The Balaban J connectivity index is 1.59. The van der Waals surface area contributed by atoms with Crippen molar-refractivity contribution in [2.45, 2.75) is 31.8 Å². The number of imidazole rings is 1. The quantitative estimate of drug-likeness (QED) is 0.818. The van der Waals surface area contributed by atoms with E-state index >= 15 is 0 Å². The molecule has 0 radical (unpaired) electrons. The molecule has 0 saturated heterocycles. The molecule has 4 nitrogen and oxygen atoms in total. The molecule has 0 amide bonds. The van der Waals surface area contributed by atoms with E-state index in [0.717, 1.165) is 24.8 Å². The van der Waals surface area contributed by atoms with E-state index in [1.807, 2.05) is 30.7 Å². The topological polar surface area (TPSA) is 53.6 Å². The van der Waals surface area contributed by atoms with E-state index in [-0.39, 0.29) is 0 Å². The lowest BCUT2D eigenvalue weighted by Gasteiger charge is -1.99. The van der Waals surface area contributed by atoms with Crippen LogP contribution in [-0.2, 0) is 13.0 Å². The zero-order valence-corrected chi connectivity index (χ0v) is 9.69. The molecule has 2 heterocycles. The molecule has 0 aliphatic heterocycles. The first kappa shape index (κ1) is 10.5. The molecule has 17 heavy (non-hydrogen) atoms. The number of nitrogens with one attached hydrogen (secondary N) is 2. The van der Waals surface area contributed by atoms with Crippen molar-refractivity contribution in [1.29, 1.82) is 0 Å². The van der Waals surface area contributed by atoms with Crippen LogP contribution in [0.5, 0.6) is 0 Å². The summed E-state index contributed by atoms with van der Waals surface area (Å²) in [5.74, 6) is 1.02. The van der Waals surface area contributed by atoms with Crippen LogP contribution in [0.4, 0.5) is 0 Å². The minimum Gasteiger partial charge on any atom is -0.345 e. The van der Waals surface area contributed by atoms with Crippen LogP contribution in [-0.4, -0.2) is 21.0 Å². The average molecular weight is 228 g/mol. The fraction of sp³-hybridized carbons (Fsp3) is 0.385. The monoisotopic (exact) mass is 228 g/mol. The van der Waals surface area contributed by atoms with E-state index in [1.165, 1.54) is 24.1 Å². The highest BCUT2D eigenvalue weighted by atomic mass is 15.0. The lowest BCUT2D eigenvalue weighted by molar-refractivity contribution is 0.676. The lowest BCUT2D eigenvalue weighted by atomic mass is 10.2. The van der Waals surface area contributed by atoms with Gasteiger partial charge in [0.05, 0.1) is 0 Å². The van der Waals surface area contributed by atoms with Gasteiger partial charge in [0.2, 0.25) is 0 Å². The van der Waals surface area contributed by atoms with E-state index in [0.29, 0.717) is 0 Å². The van der Waals surface area contributed by atoms with Gasteiger partial charge in [-0.2, -0.15) is 0 Å². The molecule has 1 aliphatic rings. The van der Waals surface area contributed by atoms with Gasteiger partial charge in [0.15, 0.2) is 0 Å². The van der Waals surface area contributed by atoms with Crippen LogP contribution in [0.15, 0.2) is 30.7 Å². The molecule has 0 atom stereocenters. The molecule has 0 aromatic carbocycles. The highest BCUT2D eigenvalue weighted by molar-refractivity contribution is 5.16. The number of aromatic nitrogens is 3. The Morgan fingerprint density at radius 3 is 2.88 bits per heavy atom. The van der Waals surface area contributed by atoms with E-state index in [2.05, 4.69) is 20.3 Å². The predicted molar refractivity (Wildman–Crippen MR) is 65.5 cm³/mol. The Kier molecular flexibility index (Phi) is 2.88. The maximum Gasteiger partial charge on any atom is 0.110 e. The molecule has 4 heteroatoms. The third-order valence-electron chi connectivity index (χ3n) is 2.96. The molecular weight excluding hydrogens is 212 g/mol. The molecule has 0 spiro atoms. The van der Waals surface area contributed by atoms with Gasteiger partial charge in [0, 0.05) is 43.3 Å². The van der Waals surface area contributed by atoms with Crippen LogP contribution in [0.1, 0.15) is 29.9 Å². The molecule has 88 valence electrons. The van der Waals surface area contributed by atoms with Gasteiger partial charge in [-0.3, -0.25) is 4.98 Å². The fourth-order valence-corrected chi connectivity index (χ4v) is 1.82. The maximum atomic E-state index is 4.39. The summed E-state index contributed by atoms with van der Waals surface area (Å²) in [4.78, 5) is 11.8. The molecule has 1 fully saturated rings. The number of aromatic amines is 1. The maximum absolute atomic E-state index is 4.39. The van der Waals surface area contributed by atoms with E-state index < -0.39 is 0 Å². The molecular formula is C13H16N4. The minimum atomic E-state index is 0.738. The first-order chi connectivity index (χ1) is 8.40. The van der Waals surface area contributed by atoms with Gasteiger partial charge in [-0.05, 0) is 30.5 Å². The van der Waals surface area contributed by atoms with E-state index in [1.54, 1.807) is 0 Å². The van der Waals surface area contributed by atoms with Crippen molar-refractivity contribution < 1.29 is 0 Å². The van der Waals surface area contributed by atoms with Crippen molar-refractivity contribution in [3.8, 4) is 0 Å². The molecule has 0 unspecified atom stereocenters. The van der Waals surface area contributed by atoms with Crippen LogP contribution in [0.2, 0.25) is 0 Å². The third-order valence-corrected chi connectivity index (χ3v) is 2.96. The summed E-state index contributed by atoms with van der Waals surface area (Å²) >= 11 is 0. The summed E-state index contributed by atoms with van der Waals surface area (Å²) in [5, 5.41) is 3.47. The SMILES string of the molecule is c1cc(Cc2ncc(CNC3CC3)[nH]2)ccn1. The first-order valence-corrected chi connectivity index (χ1v) is 6.05. The van der Waals surface area contributed by atoms with Gasteiger partial charge in [-0.15, -0.1) is 0 Å². The molecule has 2 aromatic rings. The zero-order valence-electron chi connectivity index (χ0n) is 9.69. The van der Waals surface area contributed by atoms with Crippen LogP contribution in [0, 0.1) is 0 Å². The molecule has 1 aliphatic carbocycles. The molecule has 2 aromatic heterocycles. The van der Waals surface area contributed by atoms with Crippen LogP contribution >= 0.6 is 0 Å². The molecule has 2 N–H and O–H groups in total. The van der Waals surface area contributed by atoms with Crippen molar-refractivity contribution in [1.82, 2.24) is 20.3 Å². The second-order valence-electron chi connectivity index (χ2n) is 4.54. The Morgan fingerprint density at radius 1 is 1.29 bits per heavy atom. The molecule has 1 saturated carbocycles. The van der Waals surface area contributed by atoms with Crippen LogP contribution in [0.3, 0.4) is 0 Å². The Morgan fingerprint density at radius 2 is 2.12 bits per heavy atom. The number of nitrogens with zero attached hydrogens (tertiary/aromatic N) is 2. The van der Waals surface area contributed by atoms with Crippen LogP contribution in [0.25, 0.3) is 0 Å². The summed E-state index contributed by atoms with van der Waals surface area (Å²) in [5.41, 5.74) is 2.40. The molecule has 0 bridgehead atoms. The van der Waals surface area contributed by atoms with Gasteiger partial charge in [0.25, 0.3) is 0 Å². The van der Waals surface area contributed by atoms with E-state index in [4.69, 9.17) is 0 Å². The zero-order chi connectivity index (χ0) is 11.5. The minimum absolute atomic E-state index is 0.738. The summed E-state index contributed by atoms with van der Waals surface area (Å²) < 4.78 is 0. The number of pyridine rings is 1. The second kappa shape index (κ2) is 4.67. The Bertz CT molecular complexity index is 473. The van der Waals surface area contributed by atoms with Crippen LogP contribution < -0.4 is 5.32 Å². The third kappa shape index (κ3) is 2.91. The van der Waals surface area contributed by atoms with Crippen molar-refractivity contribution in [2.24, 2.45) is 0 Å². The second-order valence-corrected chi connectivity index (χ2v) is 4.54. The average Bonchev–Trinajstić information content (AvgIpc) is 3.09. The van der Waals surface area contributed by atoms with Gasteiger partial charge < -0.3 is 10.3 Å². The standard InChI is InChI=1S/C13H16N4/c1-2-11(1)15-8-12-9-16-13(17-12)7-10-3-5-14-6-4-10/h3-6,9,11,15H,1-2,7-8H2,(H,16,17). The van der Waals surface area contributed by atoms with E-state index in [9.17, 15) is 0 Å². The smallest absolute Gasteiger partial charge is 0.110 e. The summed E-state index contributed by atoms with van der Waals surface area (Å²) in [6.07, 6.45) is 9.02. The molecule has 3 rings (SSSR count). The number of H-pyrrole nitrogens is 1. The predicted octanol–water partition coefficient (Wildman–Crippen LogP) is 1.65. The summed E-state index contributed by atoms with van der Waals surface area (Å²) in [6.45, 7) is 0.897. The Labute approximate surface area is 101 Å². The van der Waals surface area contributed by atoms with Gasteiger partial charge in [-0.25, -0.2) is 4.98 Å². The first-order valence-electron chi connectivity index (χ1n) is 6.05. The highest BCUT2D eigenvalue weighted by Crippen LogP contribution is 2.19. The van der Waals surface area contributed by atoms with Gasteiger partial charge in [-0.1, -0.05) is 0 Å². The van der Waals surface area contributed by atoms with Crippen molar-refractivity contribution in [3.05, 3.63) is 47.8 Å².